The lowest BCUT2D eigenvalue weighted by molar-refractivity contribution is -0.133. The molecule has 1 aliphatic heterocycles. The normalized spacial score (nSPS) is 19.0. The van der Waals surface area contributed by atoms with E-state index in [1.165, 1.54) is 0 Å². The number of carbonyl (C=O) groups excluding carboxylic acids is 1. The summed E-state index contributed by atoms with van der Waals surface area (Å²) in [5.74, 6) is 1.54. The molecule has 3 rings (SSSR count). The van der Waals surface area contributed by atoms with Gasteiger partial charge in [-0.05, 0) is 31.5 Å². The second-order valence-electron chi connectivity index (χ2n) is 5.34. The lowest BCUT2D eigenvalue weighted by Crippen LogP contribution is -2.42. The van der Waals surface area contributed by atoms with Gasteiger partial charge in [0.15, 0.2) is 5.76 Å². The Morgan fingerprint density at radius 1 is 1.48 bits per heavy atom. The molecule has 21 heavy (non-hydrogen) atoms. The Bertz CT molecular complexity index is 606. The molecule has 1 aliphatic rings. The molecular weight excluding hydrogens is 272 g/mol. The second-order valence-corrected chi connectivity index (χ2v) is 5.34. The summed E-state index contributed by atoms with van der Waals surface area (Å²) in [5, 5.41) is 8.00. The number of aromatic nitrogens is 2. The monoisotopic (exact) mass is 290 g/mol. The van der Waals surface area contributed by atoms with E-state index in [-0.39, 0.29) is 11.9 Å². The Balaban J connectivity index is 1.70. The number of furan rings is 1. The number of hydrogen-bond donors (Lipinski definition) is 0. The van der Waals surface area contributed by atoms with Crippen LogP contribution in [0.25, 0.3) is 11.7 Å². The smallest absolute Gasteiger partial charge is 0.283 e. The van der Waals surface area contributed by atoms with Crippen molar-refractivity contribution in [2.24, 2.45) is 0 Å². The maximum Gasteiger partial charge on any atom is 0.283 e. The van der Waals surface area contributed by atoms with E-state index < -0.39 is 0 Å². The van der Waals surface area contributed by atoms with Gasteiger partial charge in [0.2, 0.25) is 11.8 Å². The SMILES string of the molecule is CN(C)C(=O)C1CCCN1Cc1nnc(-c2ccco2)o1. The first-order chi connectivity index (χ1) is 10.1. The first-order valence-electron chi connectivity index (χ1n) is 6.96. The molecule has 0 bridgehead atoms. The first kappa shape index (κ1) is 13.8. The molecule has 0 spiro atoms. The molecule has 0 aliphatic carbocycles. The van der Waals surface area contributed by atoms with Gasteiger partial charge in [-0.25, -0.2) is 0 Å². The van der Waals surface area contributed by atoms with Crippen LogP contribution in [0.4, 0.5) is 0 Å². The standard InChI is InChI=1S/C14H18N4O3/c1-17(2)14(19)10-5-3-7-18(10)9-12-15-16-13(21-12)11-6-4-8-20-11/h4,6,8,10H,3,5,7,9H2,1-2H3. The van der Waals surface area contributed by atoms with Crippen LogP contribution in [-0.2, 0) is 11.3 Å². The Morgan fingerprint density at radius 3 is 3.05 bits per heavy atom. The molecule has 0 radical (unpaired) electrons. The summed E-state index contributed by atoms with van der Waals surface area (Å²) < 4.78 is 10.8. The van der Waals surface area contributed by atoms with Crippen molar-refractivity contribution in [1.82, 2.24) is 20.0 Å². The molecule has 1 atom stereocenters. The summed E-state index contributed by atoms with van der Waals surface area (Å²) in [6.45, 7) is 1.35. The van der Waals surface area contributed by atoms with Crippen LogP contribution in [0, 0.1) is 0 Å². The number of carbonyl (C=O) groups is 1. The third-order valence-corrected chi connectivity index (χ3v) is 3.63. The molecule has 1 unspecified atom stereocenters. The predicted octanol–water partition coefficient (Wildman–Crippen LogP) is 1.38. The molecule has 2 aromatic heterocycles. The Labute approximate surface area is 122 Å². The number of hydrogen-bond acceptors (Lipinski definition) is 6. The second kappa shape index (κ2) is 5.69. The lowest BCUT2D eigenvalue weighted by Gasteiger charge is -2.24. The van der Waals surface area contributed by atoms with Crippen molar-refractivity contribution in [3.63, 3.8) is 0 Å². The van der Waals surface area contributed by atoms with Gasteiger partial charge in [-0.15, -0.1) is 10.2 Å². The summed E-state index contributed by atoms with van der Waals surface area (Å²) in [4.78, 5) is 15.9. The molecule has 1 amide bonds. The minimum absolute atomic E-state index is 0.0982. The summed E-state index contributed by atoms with van der Waals surface area (Å²) in [6.07, 6.45) is 3.44. The van der Waals surface area contributed by atoms with Crippen molar-refractivity contribution in [2.75, 3.05) is 20.6 Å². The molecule has 0 N–H and O–H groups in total. The fourth-order valence-electron chi connectivity index (χ4n) is 2.58. The minimum atomic E-state index is -0.0982. The van der Waals surface area contributed by atoms with E-state index in [2.05, 4.69) is 15.1 Å². The topological polar surface area (TPSA) is 75.6 Å². The first-order valence-corrected chi connectivity index (χ1v) is 6.96. The zero-order chi connectivity index (χ0) is 14.8. The van der Waals surface area contributed by atoms with Gasteiger partial charge in [0.25, 0.3) is 5.89 Å². The van der Waals surface area contributed by atoms with Gasteiger partial charge in [0, 0.05) is 14.1 Å². The summed E-state index contributed by atoms with van der Waals surface area (Å²) >= 11 is 0. The minimum Gasteiger partial charge on any atom is -0.459 e. The van der Waals surface area contributed by atoms with E-state index in [0.717, 1.165) is 19.4 Å². The average molecular weight is 290 g/mol. The van der Waals surface area contributed by atoms with E-state index in [1.807, 2.05) is 0 Å². The summed E-state index contributed by atoms with van der Waals surface area (Å²) in [6, 6.07) is 3.44. The molecule has 3 heterocycles. The summed E-state index contributed by atoms with van der Waals surface area (Å²) in [5.41, 5.74) is 0. The molecule has 1 saturated heterocycles. The molecule has 7 nitrogen and oxygen atoms in total. The van der Waals surface area contributed by atoms with Crippen molar-refractivity contribution in [2.45, 2.75) is 25.4 Å². The summed E-state index contributed by atoms with van der Waals surface area (Å²) in [7, 11) is 3.56. The van der Waals surface area contributed by atoms with Crippen molar-refractivity contribution in [1.29, 1.82) is 0 Å². The van der Waals surface area contributed by atoms with E-state index in [1.54, 1.807) is 37.4 Å². The third kappa shape index (κ3) is 2.82. The van der Waals surface area contributed by atoms with Crippen LogP contribution in [0.15, 0.2) is 27.2 Å². The van der Waals surface area contributed by atoms with Crippen molar-refractivity contribution >= 4 is 5.91 Å². The Kier molecular flexibility index (Phi) is 3.74. The van der Waals surface area contributed by atoms with Crippen LogP contribution < -0.4 is 0 Å². The molecule has 7 heteroatoms. The highest BCUT2D eigenvalue weighted by Crippen LogP contribution is 2.23. The fourth-order valence-corrected chi connectivity index (χ4v) is 2.58. The van der Waals surface area contributed by atoms with Gasteiger partial charge in [-0.1, -0.05) is 0 Å². The maximum absolute atomic E-state index is 12.1. The van der Waals surface area contributed by atoms with Crippen LogP contribution >= 0.6 is 0 Å². The Morgan fingerprint density at radius 2 is 2.33 bits per heavy atom. The highest BCUT2D eigenvalue weighted by atomic mass is 16.4. The van der Waals surface area contributed by atoms with Crippen molar-refractivity contribution in [3.05, 3.63) is 24.3 Å². The predicted molar refractivity (Wildman–Crippen MR) is 74.1 cm³/mol. The largest absolute Gasteiger partial charge is 0.459 e. The van der Waals surface area contributed by atoms with E-state index >= 15 is 0 Å². The van der Waals surface area contributed by atoms with Gasteiger partial charge >= 0.3 is 0 Å². The van der Waals surface area contributed by atoms with Gasteiger partial charge in [-0.3, -0.25) is 9.69 Å². The average Bonchev–Trinajstić information content (AvgIpc) is 3.19. The zero-order valence-electron chi connectivity index (χ0n) is 12.2. The number of rotatable bonds is 4. The Hall–Kier alpha value is -2.15. The third-order valence-electron chi connectivity index (χ3n) is 3.63. The van der Waals surface area contributed by atoms with Crippen molar-refractivity contribution < 1.29 is 13.6 Å². The fraction of sp³-hybridized carbons (Fsp3) is 0.500. The maximum atomic E-state index is 12.1. The van der Waals surface area contributed by atoms with Gasteiger partial charge in [0.1, 0.15) is 0 Å². The number of amides is 1. The van der Waals surface area contributed by atoms with Crippen LogP contribution in [0.3, 0.4) is 0 Å². The number of nitrogens with zero attached hydrogens (tertiary/aromatic N) is 4. The quantitative estimate of drug-likeness (QED) is 0.847. The number of likely N-dealkylation sites (N-methyl/N-ethyl adjacent to an activating group) is 1. The highest BCUT2D eigenvalue weighted by molar-refractivity contribution is 5.81. The van der Waals surface area contributed by atoms with Crippen LogP contribution in [0.5, 0.6) is 0 Å². The van der Waals surface area contributed by atoms with Gasteiger partial charge in [0.05, 0.1) is 18.8 Å². The molecule has 0 saturated carbocycles. The van der Waals surface area contributed by atoms with Crippen LogP contribution in [0.1, 0.15) is 18.7 Å². The van der Waals surface area contributed by atoms with Crippen LogP contribution in [0.2, 0.25) is 0 Å². The molecule has 1 fully saturated rings. The molecule has 0 aromatic carbocycles. The van der Waals surface area contributed by atoms with E-state index in [4.69, 9.17) is 8.83 Å². The van der Waals surface area contributed by atoms with Crippen molar-refractivity contribution in [3.8, 4) is 11.7 Å². The molecule has 2 aromatic rings. The van der Waals surface area contributed by atoms with E-state index in [0.29, 0.717) is 24.1 Å². The highest BCUT2D eigenvalue weighted by Gasteiger charge is 2.32. The van der Waals surface area contributed by atoms with E-state index in [9.17, 15) is 4.79 Å². The van der Waals surface area contributed by atoms with Gasteiger partial charge in [-0.2, -0.15) is 0 Å². The lowest BCUT2D eigenvalue weighted by atomic mass is 10.2. The van der Waals surface area contributed by atoms with Gasteiger partial charge < -0.3 is 13.7 Å². The molecular formula is C14H18N4O3. The number of likely N-dealkylation sites (tertiary alicyclic amines) is 1. The van der Waals surface area contributed by atoms with Crippen LogP contribution in [-0.4, -0.2) is 52.6 Å². The zero-order valence-corrected chi connectivity index (χ0v) is 12.2. The molecule has 112 valence electrons.